The molecule has 2 atom stereocenters. The molecule has 7 nitrogen and oxygen atoms in total. The molecule has 30 heavy (non-hydrogen) atoms. The first-order valence-electron chi connectivity index (χ1n) is 8.61. The summed E-state index contributed by atoms with van der Waals surface area (Å²) in [7, 11) is 0. The van der Waals surface area contributed by atoms with Gasteiger partial charge >= 0.3 is 18.3 Å². The Morgan fingerprint density at radius 3 is 2.47 bits per heavy atom. The minimum absolute atomic E-state index is 0.00812. The molecule has 0 bridgehead atoms. The van der Waals surface area contributed by atoms with Crippen LogP contribution in [0.3, 0.4) is 0 Å². The van der Waals surface area contributed by atoms with Crippen LogP contribution in [0.15, 0.2) is 28.3 Å². The summed E-state index contributed by atoms with van der Waals surface area (Å²) in [4.78, 5) is 4.08. The Hall–Kier alpha value is -2.85. The number of amidine groups is 1. The van der Waals surface area contributed by atoms with Crippen LogP contribution in [0, 0.1) is 11.3 Å². The number of nitriles is 1. The lowest BCUT2D eigenvalue weighted by molar-refractivity contribution is -0.150. The van der Waals surface area contributed by atoms with E-state index in [-0.39, 0.29) is 18.1 Å². The fourth-order valence-corrected chi connectivity index (χ4v) is 3.32. The molecule has 3 rings (SSSR count). The highest BCUT2D eigenvalue weighted by Gasteiger charge is 2.61. The number of rotatable bonds is 3. The predicted octanol–water partition coefficient (Wildman–Crippen LogP) is 3.39. The van der Waals surface area contributed by atoms with E-state index in [2.05, 4.69) is 15.4 Å². The number of nitrogens with two attached hydrogens (primary N) is 1. The van der Waals surface area contributed by atoms with E-state index in [1.807, 2.05) is 0 Å². The Balaban J connectivity index is 2.02. The summed E-state index contributed by atoms with van der Waals surface area (Å²) in [6, 6.07) is 4.26. The van der Waals surface area contributed by atoms with Gasteiger partial charge in [0.15, 0.2) is 0 Å². The van der Waals surface area contributed by atoms with Crippen LogP contribution >= 0.6 is 0 Å². The molecule has 3 N–H and O–H groups in total. The van der Waals surface area contributed by atoms with Crippen LogP contribution in [0.4, 0.5) is 32.0 Å². The second-order valence-electron chi connectivity index (χ2n) is 6.85. The van der Waals surface area contributed by atoms with Crippen molar-refractivity contribution in [3.63, 3.8) is 0 Å². The molecule has 0 radical (unpaired) electrons. The van der Waals surface area contributed by atoms with Crippen molar-refractivity contribution in [2.75, 3.05) is 11.9 Å². The lowest BCUT2D eigenvalue weighted by atomic mass is 9.94. The molecule has 0 aliphatic carbocycles. The second-order valence-corrected chi connectivity index (χ2v) is 6.85. The third-order valence-corrected chi connectivity index (χ3v) is 4.68. The van der Waals surface area contributed by atoms with Crippen molar-refractivity contribution in [2.24, 2.45) is 15.8 Å². The zero-order valence-corrected chi connectivity index (χ0v) is 15.7. The van der Waals surface area contributed by atoms with Gasteiger partial charge in [-0.1, -0.05) is 0 Å². The minimum atomic E-state index is -4.81. The molecular formula is C17H16F6N6O. The van der Waals surface area contributed by atoms with Crippen molar-refractivity contribution in [1.82, 2.24) is 5.01 Å². The minimum Gasteiger partial charge on any atom is -0.342 e. The largest absolute Gasteiger partial charge is 0.431 e. The SMILES string of the molecule is CCOC1(N)N=C(Nc2ccc(C#N)c(C(F)(F)F)c2)C2(C)CC(C(F)(F)F)=NN12. The van der Waals surface area contributed by atoms with E-state index in [0.29, 0.717) is 6.07 Å². The maximum atomic E-state index is 13.2. The molecule has 1 aromatic rings. The van der Waals surface area contributed by atoms with Crippen molar-refractivity contribution in [2.45, 2.75) is 44.1 Å². The second kappa shape index (κ2) is 6.85. The molecule has 0 amide bonds. The maximum absolute atomic E-state index is 13.2. The van der Waals surface area contributed by atoms with Gasteiger partial charge in [0.25, 0.3) is 0 Å². The third kappa shape index (κ3) is 3.56. The molecule has 2 unspecified atom stereocenters. The number of hydrogen-bond donors (Lipinski definition) is 2. The lowest BCUT2D eigenvalue weighted by Gasteiger charge is -2.35. The van der Waals surface area contributed by atoms with Gasteiger partial charge < -0.3 is 10.1 Å². The number of ether oxygens (including phenoxy) is 1. The number of nitrogens with zero attached hydrogens (tertiary/aromatic N) is 4. The van der Waals surface area contributed by atoms with Gasteiger partial charge in [0.2, 0.25) is 0 Å². The van der Waals surface area contributed by atoms with E-state index in [4.69, 9.17) is 15.7 Å². The molecule has 0 aromatic heterocycles. The van der Waals surface area contributed by atoms with Crippen LogP contribution in [-0.4, -0.2) is 40.9 Å². The monoisotopic (exact) mass is 434 g/mol. The summed E-state index contributed by atoms with van der Waals surface area (Å²) in [6.07, 6.45) is -10.2. The molecule has 0 spiro atoms. The number of fused-ring (bicyclic) bond motifs is 1. The van der Waals surface area contributed by atoms with E-state index in [1.165, 1.54) is 19.1 Å². The molecular weight excluding hydrogens is 418 g/mol. The fraction of sp³-hybridized carbons (Fsp3) is 0.471. The number of alkyl halides is 6. The Morgan fingerprint density at radius 2 is 1.93 bits per heavy atom. The first-order chi connectivity index (χ1) is 13.7. The predicted molar refractivity (Wildman–Crippen MR) is 94.1 cm³/mol. The van der Waals surface area contributed by atoms with Gasteiger partial charge in [0.1, 0.15) is 17.1 Å². The normalized spacial score (nSPS) is 26.2. The van der Waals surface area contributed by atoms with Crippen LogP contribution in [0.25, 0.3) is 0 Å². The highest BCUT2D eigenvalue weighted by atomic mass is 19.4. The first kappa shape index (κ1) is 21.8. The van der Waals surface area contributed by atoms with Crippen LogP contribution in [0.2, 0.25) is 0 Å². The first-order valence-corrected chi connectivity index (χ1v) is 8.61. The van der Waals surface area contributed by atoms with E-state index >= 15 is 0 Å². The number of hydrogen-bond acceptors (Lipinski definition) is 7. The van der Waals surface area contributed by atoms with Crippen molar-refractivity contribution in [3.05, 3.63) is 29.3 Å². The summed E-state index contributed by atoms with van der Waals surface area (Å²) < 4.78 is 84.7. The Bertz CT molecular complexity index is 965. The smallest absolute Gasteiger partial charge is 0.342 e. The van der Waals surface area contributed by atoms with Crippen LogP contribution < -0.4 is 11.1 Å². The van der Waals surface area contributed by atoms with E-state index in [1.54, 1.807) is 6.92 Å². The lowest BCUT2D eigenvalue weighted by Crippen LogP contribution is -2.57. The molecule has 13 heteroatoms. The maximum Gasteiger partial charge on any atom is 0.431 e. The number of anilines is 1. The Labute approximate surface area is 166 Å². The average Bonchev–Trinajstić information content (AvgIpc) is 3.08. The Morgan fingerprint density at radius 1 is 1.27 bits per heavy atom. The molecule has 2 aliphatic heterocycles. The van der Waals surface area contributed by atoms with Crippen molar-refractivity contribution >= 4 is 17.2 Å². The van der Waals surface area contributed by atoms with Gasteiger partial charge in [0.05, 0.1) is 23.8 Å². The van der Waals surface area contributed by atoms with Crippen LogP contribution in [-0.2, 0) is 10.9 Å². The van der Waals surface area contributed by atoms with Gasteiger partial charge in [0, 0.05) is 12.1 Å². The molecule has 0 saturated heterocycles. The average molecular weight is 434 g/mol. The molecule has 1 aromatic carbocycles. The van der Waals surface area contributed by atoms with Gasteiger partial charge in [-0.2, -0.15) is 41.7 Å². The highest BCUT2D eigenvalue weighted by Crippen LogP contribution is 2.44. The Kier molecular flexibility index (Phi) is 4.99. The zero-order chi connectivity index (χ0) is 22.5. The summed E-state index contributed by atoms with van der Waals surface area (Å²) in [5.74, 6) is -2.22. The summed E-state index contributed by atoms with van der Waals surface area (Å²) in [5, 5.41) is 15.9. The van der Waals surface area contributed by atoms with Gasteiger partial charge in [-0.3, -0.25) is 5.73 Å². The highest BCUT2D eigenvalue weighted by molar-refractivity contribution is 6.09. The van der Waals surface area contributed by atoms with Crippen molar-refractivity contribution < 1.29 is 31.1 Å². The fourth-order valence-electron chi connectivity index (χ4n) is 3.32. The number of nitrogens with one attached hydrogen (secondary N) is 1. The number of hydrazone groups is 1. The van der Waals surface area contributed by atoms with Crippen LogP contribution in [0.1, 0.15) is 31.4 Å². The molecule has 162 valence electrons. The number of halogens is 6. The van der Waals surface area contributed by atoms with Gasteiger partial charge in [-0.05, 0) is 32.0 Å². The van der Waals surface area contributed by atoms with Crippen molar-refractivity contribution in [1.29, 1.82) is 5.26 Å². The van der Waals surface area contributed by atoms with Gasteiger partial charge in [-0.15, -0.1) is 0 Å². The standard InChI is InChI=1S/C17H16F6N6O/c1-3-30-17(25)27-13(14(2)7-12(16(21,22)23)28-29(14)17)26-10-5-4-9(8-24)11(6-10)15(18,19)20/h4-6H,3,7,25H2,1-2H3,(H,26,27). The summed E-state index contributed by atoms with van der Waals surface area (Å²) in [5.41, 5.74) is 1.42. The van der Waals surface area contributed by atoms with Crippen LogP contribution in [0.5, 0.6) is 0 Å². The quantitative estimate of drug-likeness (QED) is 0.561. The number of benzene rings is 1. The van der Waals surface area contributed by atoms with E-state index in [9.17, 15) is 26.3 Å². The zero-order valence-electron chi connectivity index (χ0n) is 15.7. The molecule has 2 aliphatic rings. The van der Waals surface area contributed by atoms with Gasteiger partial charge in [-0.25, -0.2) is 5.01 Å². The van der Waals surface area contributed by atoms with E-state index in [0.717, 1.165) is 11.1 Å². The summed E-state index contributed by atoms with van der Waals surface area (Å²) in [6.45, 7) is 2.91. The topological polar surface area (TPSA) is 99.0 Å². The molecule has 2 heterocycles. The molecule has 0 saturated carbocycles. The van der Waals surface area contributed by atoms with Crippen molar-refractivity contribution in [3.8, 4) is 6.07 Å². The summed E-state index contributed by atoms with van der Waals surface area (Å²) >= 11 is 0. The third-order valence-electron chi connectivity index (χ3n) is 4.68. The van der Waals surface area contributed by atoms with E-state index < -0.39 is 47.1 Å². The number of aliphatic imine (C=N–C) groups is 1. The molecule has 0 fully saturated rings.